The molecule has 0 bridgehead atoms. The Morgan fingerprint density at radius 1 is 1.24 bits per heavy atom. The second-order valence-corrected chi connectivity index (χ2v) is 7.78. The lowest BCUT2D eigenvalue weighted by Gasteiger charge is -2.26. The van der Waals surface area contributed by atoms with E-state index >= 15 is 0 Å². The van der Waals surface area contributed by atoms with Gasteiger partial charge in [-0.1, -0.05) is 35.9 Å². The van der Waals surface area contributed by atoms with E-state index in [0.29, 0.717) is 5.52 Å². The molecule has 2 aromatic carbocycles. The maximum atomic E-state index is 12.9. The van der Waals surface area contributed by atoms with Crippen molar-refractivity contribution in [2.75, 3.05) is 0 Å². The normalized spacial score (nSPS) is 16.1. The zero-order chi connectivity index (χ0) is 20.0. The summed E-state index contributed by atoms with van der Waals surface area (Å²) in [6, 6.07) is 14.2. The highest BCUT2D eigenvalue weighted by Crippen LogP contribution is 2.29. The summed E-state index contributed by atoms with van der Waals surface area (Å²) < 4.78 is 1.23. The van der Waals surface area contributed by atoms with Crippen LogP contribution in [0.1, 0.15) is 35.6 Å². The molecule has 1 amide bonds. The molecule has 4 aromatic rings. The smallest absolute Gasteiger partial charge is 0.291 e. The minimum atomic E-state index is -0.282. The number of hydrogen-bond acceptors (Lipinski definition) is 3. The second kappa shape index (κ2) is 6.88. The minimum absolute atomic E-state index is 0.0112. The number of H-pyrrole nitrogens is 1. The lowest BCUT2D eigenvalue weighted by Crippen LogP contribution is -2.36. The lowest BCUT2D eigenvalue weighted by atomic mass is 9.88. The van der Waals surface area contributed by atoms with Crippen molar-refractivity contribution in [2.24, 2.45) is 0 Å². The Hall–Kier alpha value is -3.41. The molecule has 0 radical (unpaired) electrons. The van der Waals surface area contributed by atoms with E-state index < -0.39 is 0 Å². The third-order valence-electron chi connectivity index (χ3n) is 5.77. The van der Waals surface area contributed by atoms with E-state index in [1.165, 1.54) is 15.8 Å². The van der Waals surface area contributed by atoms with Gasteiger partial charge in [0.1, 0.15) is 12.1 Å². The van der Waals surface area contributed by atoms with Gasteiger partial charge in [0.25, 0.3) is 5.56 Å². The number of rotatable bonds is 3. The summed E-state index contributed by atoms with van der Waals surface area (Å²) in [6.45, 7) is 1.92. The highest BCUT2D eigenvalue weighted by Gasteiger charge is 2.22. The maximum absolute atomic E-state index is 12.9. The number of hydrogen-bond donors (Lipinski definition) is 2. The monoisotopic (exact) mass is 386 g/mol. The van der Waals surface area contributed by atoms with Crippen LogP contribution in [0, 0.1) is 6.92 Å². The predicted molar refractivity (Wildman–Crippen MR) is 113 cm³/mol. The molecule has 2 heterocycles. The number of aryl methyl sites for hydroxylation is 2. The molecule has 5 rings (SSSR count). The van der Waals surface area contributed by atoms with E-state index in [1.807, 2.05) is 37.3 Å². The summed E-state index contributed by atoms with van der Waals surface area (Å²) in [5.41, 5.74) is 4.68. The van der Waals surface area contributed by atoms with Crippen LogP contribution in [0.3, 0.4) is 0 Å². The molecule has 1 aliphatic carbocycles. The fraction of sp³-hybridized carbons (Fsp3) is 0.261. The molecule has 2 aromatic heterocycles. The van der Waals surface area contributed by atoms with Crippen LogP contribution in [0.25, 0.3) is 21.8 Å². The Balaban J connectivity index is 1.42. The van der Waals surface area contributed by atoms with Crippen molar-refractivity contribution in [1.82, 2.24) is 20.1 Å². The third kappa shape index (κ3) is 3.10. The molecule has 0 saturated heterocycles. The van der Waals surface area contributed by atoms with Crippen molar-refractivity contribution in [3.63, 3.8) is 0 Å². The van der Waals surface area contributed by atoms with Gasteiger partial charge >= 0.3 is 0 Å². The fourth-order valence-electron chi connectivity index (χ4n) is 4.33. The van der Waals surface area contributed by atoms with Crippen LogP contribution >= 0.6 is 0 Å². The molecule has 1 aliphatic rings. The Kier molecular flexibility index (Phi) is 4.19. The molecule has 0 fully saturated rings. The van der Waals surface area contributed by atoms with Crippen molar-refractivity contribution in [1.29, 1.82) is 0 Å². The number of carbonyl (C=O) groups is 1. The van der Waals surface area contributed by atoms with E-state index in [4.69, 9.17) is 0 Å². The molecule has 2 N–H and O–H groups in total. The van der Waals surface area contributed by atoms with E-state index in [9.17, 15) is 9.59 Å². The molecule has 0 spiro atoms. The summed E-state index contributed by atoms with van der Waals surface area (Å²) >= 11 is 0. The molecule has 6 nitrogen and oxygen atoms in total. The largest absolute Gasteiger partial charge is 0.350 e. The summed E-state index contributed by atoms with van der Waals surface area (Å²) in [5, 5.41) is 9.10. The van der Waals surface area contributed by atoms with Gasteiger partial charge in [0, 0.05) is 16.3 Å². The molecular weight excluding hydrogens is 364 g/mol. The summed E-state index contributed by atoms with van der Waals surface area (Å²) in [7, 11) is 0. The van der Waals surface area contributed by atoms with Crippen molar-refractivity contribution in [3.05, 3.63) is 75.7 Å². The molecule has 1 atom stereocenters. The van der Waals surface area contributed by atoms with Crippen molar-refractivity contribution in [2.45, 2.75) is 38.8 Å². The molecule has 0 aliphatic heterocycles. The first-order chi connectivity index (χ1) is 14.1. The second-order valence-electron chi connectivity index (χ2n) is 7.78. The van der Waals surface area contributed by atoms with E-state index in [2.05, 4.69) is 27.5 Å². The lowest BCUT2D eigenvalue weighted by molar-refractivity contribution is -0.122. The Morgan fingerprint density at radius 2 is 2.10 bits per heavy atom. The van der Waals surface area contributed by atoms with Gasteiger partial charge in [-0.2, -0.15) is 5.10 Å². The van der Waals surface area contributed by atoms with Gasteiger partial charge in [-0.05, 0) is 49.4 Å². The number of fused-ring (bicyclic) bond motifs is 4. The summed E-state index contributed by atoms with van der Waals surface area (Å²) in [4.78, 5) is 28.7. The van der Waals surface area contributed by atoms with Gasteiger partial charge in [0.15, 0.2) is 0 Å². The SMILES string of the molecule is Cc1ccc2[nH]c3c(=O)n(CC(=O)N[C@@H]4CCCc5ccccc54)ncc3c2c1. The highest BCUT2D eigenvalue weighted by atomic mass is 16.2. The quantitative estimate of drug-likeness (QED) is 0.566. The van der Waals surface area contributed by atoms with Gasteiger partial charge < -0.3 is 10.3 Å². The van der Waals surface area contributed by atoms with Crippen LogP contribution in [-0.2, 0) is 17.8 Å². The van der Waals surface area contributed by atoms with Crippen molar-refractivity contribution in [3.8, 4) is 0 Å². The van der Waals surface area contributed by atoms with E-state index in [0.717, 1.165) is 41.1 Å². The average Bonchev–Trinajstić information content (AvgIpc) is 3.09. The number of amides is 1. The predicted octanol–water partition coefficient (Wildman–Crippen LogP) is 3.38. The maximum Gasteiger partial charge on any atom is 0.291 e. The molecule has 0 unspecified atom stereocenters. The van der Waals surface area contributed by atoms with Crippen LogP contribution in [-0.4, -0.2) is 20.7 Å². The van der Waals surface area contributed by atoms with Crippen molar-refractivity contribution < 1.29 is 4.79 Å². The molecule has 29 heavy (non-hydrogen) atoms. The number of aromatic amines is 1. The first kappa shape index (κ1) is 17.7. The van der Waals surface area contributed by atoms with Crippen LogP contribution < -0.4 is 10.9 Å². The Morgan fingerprint density at radius 3 is 3.00 bits per heavy atom. The highest BCUT2D eigenvalue weighted by molar-refractivity contribution is 6.06. The molecule has 146 valence electrons. The number of carbonyl (C=O) groups excluding carboxylic acids is 1. The number of aromatic nitrogens is 3. The van der Waals surface area contributed by atoms with Gasteiger partial charge in [0.05, 0.1) is 12.2 Å². The van der Waals surface area contributed by atoms with Gasteiger partial charge in [-0.3, -0.25) is 9.59 Å². The Labute approximate surface area is 167 Å². The first-order valence-corrected chi connectivity index (χ1v) is 9.95. The minimum Gasteiger partial charge on any atom is -0.350 e. The average molecular weight is 386 g/mol. The molecule has 6 heteroatoms. The van der Waals surface area contributed by atoms with E-state index in [1.54, 1.807) is 6.20 Å². The van der Waals surface area contributed by atoms with Gasteiger partial charge in [0.2, 0.25) is 5.91 Å². The number of benzene rings is 2. The number of nitrogens with zero attached hydrogens (tertiary/aromatic N) is 2. The molecular formula is C23H22N4O2. The van der Waals surface area contributed by atoms with Gasteiger partial charge in [-0.25, -0.2) is 4.68 Å². The van der Waals surface area contributed by atoms with Gasteiger partial charge in [-0.15, -0.1) is 0 Å². The fourth-order valence-corrected chi connectivity index (χ4v) is 4.33. The number of nitrogens with one attached hydrogen (secondary N) is 2. The zero-order valence-corrected chi connectivity index (χ0v) is 16.2. The first-order valence-electron chi connectivity index (χ1n) is 9.95. The Bertz CT molecular complexity index is 1300. The van der Waals surface area contributed by atoms with Crippen LogP contribution in [0.2, 0.25) is 0 Å². The molecule has 0 saturated carbocycles. The topological polar surface area (TPSA) is 79.8 Å². The van der Waals surface area contributed by atoms with E-state index in [-0.39, 0.29) is 24.1 Å². The summed E-state index contributed by atoms with van der Waals surface area (Å²) in [5.74, 6) is -0.201. The third-order valence-corrected chi connectivity index (χ3v) is 5.77. The van der Waals surface area contributed by atoms with Crippen molar-refractivity contribution >= 4 is 27.7 Å². The van der Waals surface area contributed by atoms with Crippen LogP contribution in [0.5, 0.6) is 0 Å². The van der Waals surface area contributed by atoms with Crippen LogP contribution in [0.15, 0.2) is 53.5 Å². The zero-order valence-electron chi connectivity index (χ0n) is 16.2. The summed E-state index contributed by atoms with van der Waals surface area (Å²) in [6.07, 6.45) is 4.66. The standard InChI is InChI=1S/C23H22N4O2/c1-14-9-10-20-17(11-14)18-12-24-27(23(29)22(18)26-20)13-21(28)25-19-8-4-6-15-5-2-3-7-16(15)19/h2-3,5,7,9-12,19,26H,4,6,8,13H2,1H3,(H,25,28)/t19-/m1/s1. The van der Waals surface area contributed by atoms with Crippen LogP contribution in [0.4, 0.5) is 0 Å².